The molecule has 34 heavy (non-hydrogen) atoms. The van der Waals surface area contributed by atoms with Crippen molar-refractivity contribution in [2.75, 3.05) is 18.6 Å². The molecular weight excluding hydrogens is 546 g/mol. The van der Waals surface area contributed by atoms with Crippen LogP contribution in [0.1, 0.15) is 31.7 Å². The molecule has 3 aromatic rings. The number of fused-ring (bicyclic) bond motifs is 1. The molecule has 2 aromatic heterocycles. The van der Waals surface area contributed by atoms with Gasteiger partial charge < -0.3 is 10.6 Å². The molecule has 0 bridgehead atoms. The third kappa shape index (κ3) is 5.35. The summed E-state index contributed by atoms with van der Waals surface area (Å²) in [5, 5.41) is 11.8. The summed E-state index contributed by atoms with van der Waals surface area (Å²) in [6.45, 7) is 2.07. The molecular formula is C21H25BrClN7O3S. The Bertz CT molecular complexity index is 1360. The summed E-state index contributed by atoms with van der Waals surface area (Å²) in [5.74, 6) is 0.477. The minimum Gasteiger partial charge on any atom is -0.359 e. The minimum atomic E-state index is -3.35. The summed E-state index contributed by atoms with van der Waals surface area (Å²) < 4.78 is 27.6. The fourth-order valence-corrected chi connectivity index (χ4v) is 5.36. The van der Waals surface area contributed by atoms with Gasteiger partial charge >= 0.3 is 0 Å². The maximum Gasteiger partial charge on any atom is 0.225 e. The number of nitrogens with one attached hydrogen (secondary N) is 3. The van der Waals surface area contributed by atoms with Crippen LogP contribution in [0.2, 0.25) is 5.02 Å². The van der Waals surface area contributed by atoms with Gasteiger partial charge in [0, 0.05) is 36.3 Å². The Morgan fingerprint density at radius 3 is 2.82 bits per heavy atom. The van der Waals surface area contributed by atoms with Crippen LogP contribution in [0.4, 0.5) is 5.95 Å². The molecule has 0 unspecified atom stereocenters. The second kappa shape index (κ2) is 9.40. The number of nitrogens with zero attached hydrogens (tertiary/aromatic N) is 4. The summed E-state index contributed by atoms with van der Waals surface area (Å²) in [6.07, 6.45) is 5.08. The average Bonchev–Trinajstić information content (AvgIpc) is 3.31. The molecule has 2 atom stereocenters. The van der Waals surface area contributed by atoms with Crippen LogP contribution in [0, 0.1) is 5.41 Å². The van der Waals surface area contributed by atoms with E-state index in [1.54, 1.807) is 36.1 Å². The van der Waals surface area contributed by atoms with Crippen molar-refractivity contribution in [2.45, 2.75) is 38.8 Å². The van der Waals surface area contributed by atoms with Gasteiger partial charge in [-0.25, -0.2) is 22.8 Å². The van der Waals surface area contributed by atoms with Gasteiger partial charge in [0.25, 0.3) is 0 Å². The Balaban J connectivity index is 1.64. The lowest BCUT2D eigenvalue weighted by Gasteiger charge is -2.22. The fraction of sp³-hybridized carbons (Fsp3) is 0.429. The summed E-state index contributed by atoms with van der Waals surface area (Å²) >= 11 is 9.77. The third-order valence-electron chi connectivity index (χ3n) is 5.95. The van der Waals surface area contributed by atoms with Crippen LogP contribution in [0.25, 0.3) is 16.7 Å². The van der Waals surface area contributed by atoms with E-state index in [0.29, 0.717) is 44.3 Å². The number of halogens is 2. The first kappa shape index (κ1) is 24.8. The van der Waals surface area contributed by atoms with E-state index in [9.17, 15) is 13.2 Å². The standard InChI is InChI=1S/C21H25BrClN7O3S/c1-21(19(31)24-2)5-4-14(9-21)27-20-25-11-16-17(22)29-30(18(16)28-20)15-7-12(6-13(23)8-15)10-26-34(3,32)33/h6-8,11,14,26H,4-5,9-10H2,1-3H3,(H,24,31)(H,25,27,28)/t14-,21-/m1/s1. The minimum absolute atomic E-state index is 0.0392. The summed E-state index contributed by atoms with van der Waals surface area (Å²) in [5.41, 5.74) is 1.45. The van der Waals surface area contributed by atoms with E-state index in [1.807, 2.05) is 6.92 Å². The monoisotopic (exact) mass is 569 g/mol. The number of sulfonamides is 1. The molecule has 4 rings (SSSR count). The SMILES string of the molecule is CNC(=O)[C@]1(C)CC[C@@H](Nc2ncc3c(Br)nn(-c4cc(Cl)cc(CNS(C)(=O)=O)c4)c3n2)C1. The van der Waals surface area contributed by atoms with E-state index in [-0.39, 0.29) is 18.5 Å². The van der Waals surface area contributed by atoms with Crippen molar-refractivity contribution in [3.63, 3.8) is 0 Å². The van der Waals surface area contributed by atoms with Crippen molar-refractivity contribution in [3.8, 4) is 5.69 Å². The van der Waals surface area contributed by atoms with Crippen molar-refractivity contribution in [1.82, 2.24) is 29.8 Å². The predicted octanol–water partition coefficient (Wildman–Crippen LogP) is 3.00. The van der Waals surface area contributed by atoms with Crippen molar-refractivity contribution in [2.24, 2.45) is 5.41 Å². The number of anilines is 1. The average molecular weight is 571 g/mol. The van der Waals surface area contributed by atoms with E-state index in [0.717, 1.165) is 19.1 Å². The highest BCUT2D eigenvalue weighted by Gasteiger charge is 2.40. The number of carbonyl (C=O) groups excluding carboxylic acids is 1. The highest BCUT2D eigenvalue weighted by atomic mass is 79.9. The summed E-state index contributed by atoms with van der Waals surface area (Å²) in [6, 6.07) is 5.28. The van der Waals surface area contributed by atoms with E-state index < -0.39 is 15.4 Å². The first-order valence-electron chi connectivity index (χ1n) is 10.6. The lowest BCUT2D eigenvalue weighted by molar-refractivity contribution is -0.129. The van der Waals surface area contributed by atoms with Crippen molar-refractivity contribution in [1.29, 1.82) is 0 Å². The molecule has 10 nitrogen and oxygen atoms in total. The first-order valence-corrected chi connectivity index (χ1v) is 13.7. The van der Waals surface area contributed by atoms with Gasteiger partial charge in [-0.1, -0.05) is 18.5 Å². The van der Waals surface area contributed by atoms with Crippen LogP contribution in [-0.4, -0.2) is 53.4 Å². The Labute approximate surface area is 211 Å². The molecule has 1 aliphatic rings. The number of hydrogen-bond donors (Lipinski definition) is 3. The summed E-state index contributed by atoms with van der Waals surface area (Å²) in [7, 11) is -1.70. The second-order valence-electron chi connectivity index (χ2n) is 8.77. The predicted molar refractivity (Wildman–Crippen MR) is 134 cm³/mol. The molecule has 3 N–H and O–H groups in total. The van der Waals surface area contributed by atoms with Crippen LogP contribution in [0.5, 0.6) is 0 Å². The van der Waals surface area contributed by atoms with Gasteiger partial charge in [0.1, 0.15) is 4.60 Å². The highest BCUT2D eigenvalue weighted by molar-refractivity contribution is 9.10. The lowest BCUT2D eigenvalue weighted by Crippen LogP contribution is -2.35. The zero-order chi connectivity index (χ0) is 24.7. The second-order valence-corrected chi connectivity index (χ2v) is 11.8. The van der Waals surface area contributed by atoms with Gasteiger partial charge in [-0.15, -0.1) is 0 Å². The van der Waals surface area contributed by atoms with E-state index in [4.69, 9.17) is 11.6 Å². The Morgan fingerprint density at radius 1 is 1.35 bits per heavy atom. The topological polar surface area (TPSA) is 131 Å². The first-order chi connectivity index (χ1) is 16.0. The Morgan fingerprint density at radius 2 is 2.12 bits per heavy atom. The van der Waals surface area contributed by atoms with Gasteiger partial charge in [-0.3, -0.25) is 4.79 Å². The Kier molecular flexibility index (Phi) is 6.87. The number of amides is 1. The largest absolute Gasteiger partial charge is 0.359 e. The molecule has 1 amide bonds. The van der Waals surface area contributed by atoms with Gasteiger partial charge in [0.05, 0.1) is 17.3 Å². The van der Waals surface area contributed by atoms with Crippen LogP contribution in [0.3, 0.4) is 0 Å². The van der Waals surface area contributed by atoms with Gasteiger partial charge in [0.2, 0.25) is 21.9 Å². The summed E-state index contributed by atoms with van der Waals surface area (Å²) in [4.78, 5) is 21.4. The fourth-order valence-electron chi connectivity index (χ4n) is 4.25. The molecule has 182 valence electrons. The van der Waals surface area contributed by atoms with Crippen molar-refractivity contribution in [3.05, 3.63) is 39.6 Å². The van der Waals surface area contributed by atoms with E-state index in [2.05, 4.69) is 46.4 Å². The molecule has 1 aromatic carbocycles. The van der Waals surface area contributed by atoms with E-state index in [1.165, 1.54) is 0 Å². The molecule has 13 heteroatoms. The molecule has 2 heterocycles. The highest BCUT2D eigenvalue weighted by Crippen LogP contribution is 2.39. The van der Waals surface area contributed by atoms with Crippen molar-refractivity contribution < 1.29 is 13.2 Å². The maximum atomic E-state index is 12.2. The van der Waals surface area contributed by atoms with E-state index >= 15 is 0 Å². The molecule has 0 spiro atoms. The molecule has 0 saturated heterocycles. The van der Waals surface area contributed by atoms with Crippen LogP contribution < -0.4 is 15.4 Å². The number of carbonyl (C=O) groups is 1. The van der Waals surface area contributed by atoms with Gasteiger partial charge in [-0.2, -0.15) is 10.1 Å². The van der Waals surface area contributed by atoms with Crippen molar-refractivity contribution >= 4 is 60.4 Å². The van der Waals surface area contributed by atoms with Crippen LogP contribution in [-0.2, 0) is 21.4 Å². The zero-order valence-electron chi connectivity index (χ0n) is 18.9. The molecule has 1 fully saturated rings. The third-order valence-corrected chi connectivity index (χ3v) is 7.43. The smallest absolute Gasteiger partial charge is 0.225 e. The molecule has 0 aliphatic heterocycles. The quantitative estimate of drug-likeness (QED) is 0.398. The lowest BCUT2D eigenvalue weighted by atomic mass is 9.87. The zero-order valence-corrected chi connectivity index (χ0v) is 22.1. The van der Waals surface area contributed by atoms with Crippen LogP contribution in [0.15, 0.2) is 29.0 Å². The number of benzene rings is 1. The van der Waals surface area contributed by atoms with Gasteiger partial charge in [0.15, 0.2) is 5.65 Å². The Hall–Kier alpha value is -2.28. The number of rotatable bonds is 7. The maximum absolute atomic E-state index is 12.2. The number of hydrogen-bond acceptors (Lipinski definition) is 7. The molecule has 1 aliphatic carbocycles. The number of aromatic nitrogens is 4. The molecule has 0 radical (unpaired) electrons. The normalized spacial score (nSPS) is 20.6. The van der Waals surface area contributed by atoms with Gasteiger partial charge in [-0.05, 0) is 59.0 Å². The van der Waals surface area contributed by atoms with Crippen LogP contribution >= 0.6 is 27.5 Å². The molecule has 1 saturated carbocycles.